The van der Waals surface area contributed by atoms with Gasteiger partial charge in [-0.25, -0.2) is 4.79 Å². The molecular weight excluding hydrogens is 644 g/mol. The van der Waals surface area contributed by atoms with Crippen LogP contribution in [0.25, 0.3) is 6.08 Å². The number of halogens is 2. The standard InChI is InChI=1S/C30H28Br2N2O6/c1-3-12-39-25-11-10-20(13-26(25)38-4-2)17-34-29(36)23(28(35)33-30(34)37)15-21-14-22(31)16-24(32)27(21)40-18-19-8-6-5-7-9-19/h5-11,13-16H,3-4,12,17-18H2,1-2H3,(H,33,35,37)/b23-15+. The van der Waals surface area contributed by atoms with Crippen molar-refractivity contribution in [1.82, 2.24) is 10.2 Å². The molecule has 8 nitrogen and oxygen atoms in total. The van der Waals surface area contributed by atoms with E-state index in [0.717, 1.165) is 16.9 Å². The van der Waals surface area contributed by atoms with E-state index in [4.69, 9.17) is 14.2 Å². The molecule has 0 aromatic heterocycles. The second-order valence-corrected chi connectivity index (χ2v) is 10.6. The predicted octanol–water partition coefficient (Wildman–Crippen LogP) is 6.64. The number of imide groups is 2. The van der Waals surface area contributed by atoms with E-state index in [1.807, 2.05) is 50.2 Å². The van der Waals surface area contributed by atoms with Gasteiger partial charge in [0.05, 0.1) is 24.2 Å². The van der Waals surface area contributed by atoms with Gasteiger partial charge >= 0.3 is 6.03 Å². The Bertz CT molecular complexity index is 1440. The summed E-state index contributed by atoms with van der Waals surface area (Å²) in [5.74, 6) is 0.0516. The van der Waals surface area contributed by atoms with Crippen LogP contribution in [0.5, 0.6) is 17.2 Å². The first-order valence-corrected chi connectivity index (χ1v) is 14.3. The highest BCUT2D eigenvalue weighted by Gasteiger charge is 2.36. The highest BCUT2D eigenvalue weighted by Crippen LogP contribution is 2.36. The van der Waals surface area contributed by atoms with Crippen molar-refractivity contribution >= 4 is 55.8 Å². The number of carbonyl (C=O) groups excluding carboxylic acids is 3. The Labute approximate surface area is 249 Å². The van der Waals surface area contributed by atoms with Crippen molar-refractivity contribution in [2.45, 2.75) is 33.4 Å². The van der Waals surface area contributed by atoms with E-state index in [1.165, 1.54) is 6.08 Å². The van der Waals surface area contributed by atoms with Crippen molar-refractivity contribution in [1.29, 1.82) is 0 Å². The summed E-state index contributed by atoms with van der Waals surface area (Å²) in [6.45, 7) is 5.04. The Morgan fingerprint density at radius 2 is 1.65 bits per heavy atom. The third-order valence-electron chi connectivity index (χ3n) is 5.86. The molecule has 3 aromatic rings. The monoisotopic (exact) mass is 670 g/mol. The number of amides is 4. The lowest BCUT2D eigenvalue weighted by atomic mass is 10.1. The SMILES string of the molecule is CCCOc1ccc(CN2C(=O)NC(=O)/C(=C\c3cc(Br)cc(Br)c3OCc3ccccc3)C2=O)cc1OCC. The zero-order chi connectivity index (χ0) is 28.6. The number of ether oxygens (including phenoxy) is 3. The third kappa shape index (κ3) is 7.11. The van der Waals surface area contributed by atoms with Crippen LogP contribution in [0.2, 0.25) is 0 Å². The highest BCUT2D eigenvalue weighted by atomic mass is 79.9. The molecule has 4 amide bonds. The zero-order valence-electron chi connectivity index (χ0n) is 22.0. The van der Waals surface area contributed by atoms with Crippen molar-refractivity contribution in [2.24, 2.45) is 0 Å². The molecule has 4 rings (SSSR count). The van der Waals surface area contributed by atoms with Crippen LogP contribution in [0.1, 0.15) is 37.0 Å². The molecule has 1 fully saturated rings. The highest BCUT2D eigenvalue weighted by molar-refractivity contribution is 9.11. The molecule has 3 aromatic carbocycles. The third-order valence-corrected chi connectivity index (χ3v) is 6.91. The number of hydrogen-bond donors (Lipinski definition) is 1. The fraction of sp³-hybridized carbons (Fsp3) is 0.233. The van der Waals surface area contributed by atoms with Crippen LogP contribution >= 0.6 is 31.9 Å². The summed E-state index contributed by atoms with van der Waals surface area (Å²) in [4.78, 5) is 40.0. The molecule has 1 N–H and O–H groups in total. The minimum Gasteiger partial charge on any atom is -0.490 e. The van der Waals surface area contributed by atoms with Gasteiger partial charge in [-0.3, -0.25) is 19.8 Å². The van der Waals surface area contributed by atoms with Gasteiger partial charge in [0.25, 0.3) is 11.8 Å². The van der Waals surface area contributed by atoms with Crippen molar-refractivity contribution in [3.05, 3.63) is 91.9 Å². The Kier molecular flexibility index (Phi) is 10.0. The summed E-state index contributed by atoms with van der Waals surface area (Å²) in [5, 5.41) is 2.27. The Hall–Kier alpha value is -3.63. The molecule has 0 unspecified atom stereocenters. The van der Waals surface area contributed by atoms with Crippen LogP contribution in [0, 0.1) is 0 Å². The molecule has 1 aliphatic rings. The van der Waals surface area contributed by atoms with Crippen LogP contribution in [0.3, 0.4) is 0 Å². The number of nitrogens with zero attached hydrogens (tertiary/aromatic N) is 1. The van der Waals surface area contributed by atoms with Crippen molar-refractivity contribution < 1.29 is 28.6 Å². The summed E-state index contributed by atoms with van der Waals surface area (Å²) < 4.78 is 18.9. The molecular formula is C30H28Br2N2O6. The minimum atomic E-state index is -0.799. The van der Waals surface area contributed by atoms with Crippen LogP contribution in [-0.2, 0) is 22.7 Å². The van der Waals surface area contributed by atoms with Gasteiger partial charge < -0.3 is 14.2 Å². The van der Waals surface area contributed by atoms with E-state index in [-0.39, 0.29) is 18.7 Å². The Morgan fingerprint density at radius 1 is 0.875 bits per heavy atom. The number of rotatable bonds is 11. The van der Waals surface area contributed by atoms with Gasteiger partial charge in [-0.2, -0.15) is 0 Å². The molecule has 0 saturated carbocycles. The Balaban J connectivity index is 1.62. The van der Waals surface area contributed by atoms with E-state index in [1.54, 1.807) is 24.3 Å². The van der Waals surface area contributed by atoms with Gasteiger partial charge in [0.1, 0.15) is 17.9 Å². The molecule has 10 heteroatoms. The molecule has 0 bridgehead atoms. The average Bonchev–Trinajstić information content (AvgIpc) is 2.93. The summed E-state index contributed by atoms with van der Waals surface area (Å²) in [5.41, 5.74) is 1.89. The van der Waals surface area contributed by atoms with Crippen molar-refractivity contribution in [3.63, 3.8) is 0 Å². The van der Waals surface area contributed by atoms with Gasteiger partial charge in [-0.1, -0.05) is 59.3 Å². The van der Waals surface area contributed by atoms with E-state index in [2.05, 4.69) is 37.2 Å². The Morgan fingerprint density at radius 3 is 2.38 bits per heavy atom. The van der Waals surface area contributed by atoms with Gasteiger partial charge in [0.15, 0.2) is 11.5 Å². The van der Waals surface area contributed by atoms with Crippen LogP contribution < -0.4 is 19.5 Å². The van der Waals surface area contributed by atoms with Crippen LogP contribution in [-0.4, -0.2) is 36.0 Å². The van der Waals surface area contributed by atoms with Crippen LogP contribution in [0.4, 0.5) is 4.79 Å². The summed E-state index contributed by atoms with van der Waals surface area (Å²) >= 11 is 6.97. The number of hydrogen-bond acceptors (Lipinski definition) is 6. The second kappa shape index (κ2) is 13.6. The smallest absolute Gasteiger partial charge is 0.331 e. The number of barbiturate groups is 1. The maximum atomic E-state index is 13.5. The first-order valence-electron chi connectivity index (χ1n) is 12.7. The van der Waals surface area contributed by atoms with Crippen LogP contribution in [0.15, 0.2) is 75.2 Å². The number of nitrogens with one attached hydrogen (secondary N) is 1. The normalized spacial score (nSPS) is 14.3. The molecule has 0 atom stereocenters. The van der Waals surface area contributed by atoms with Crippen molar-refractivity contribution in [3.8, 4) is 17.2 Å². The maximum absolute atomic E-state index is 13.5. The molecule has 40 heavy (non-hydrogen) atoms. The zero-order valence-corrected chi connectivity index (χ0v) is 25.2. The first-order chi connectivity index (χ1) is 19.3. The average molecular weight is 672 g/mol. The number of benzene rings is 3. The predicted molar refractivity (Wildman–Crippen MR) is 158 cm³/mol. The van der Waals surface area contributed by atoms with Gasteiger partial charge in [0, 0.05) is 10.0 Å². The molecule has 208 valence electrons. The largest absolute Gasteiger partial charge is 0.490 e. The topological polar surface area (TPSA) is 94.2 Å². The van der Waals surface area contributed by atoms with E-state index < -0.39 is 17.8 Å². The molecule has 0 aliphatic carbocycles. The second-order valence-electron chi connectivity index (χ2n) is 8.85. The van der Waals surface area contributed by atoms with Gasteiger partial charge in [-0.15, -0.1) is 0 Å². The molecule has 0 radical (unpaired) electrons. The number of carbonyl (C=O) groups is 3. The van der Waals surface area contributed by atoms with E-state index in [0.29, 0.717) is 50.5 Å². The molecule has 1 aliphatic heterocycles. The fourth-order valence-corrected chi connectivity index (χ4v) is 5.37. The van der Waals surface area contributed by atoms with E-state index in [9.17, 15) is 14.4 Å². The molecule has 1 saturated heterocycles. The number of urea groups is 1. The summed E-state index contributed by atoms with van der Waals surface area (Å²) in [7, 11) is 0. The van der Waals surface area contributed by atoms with Gasteiger partial charge in [-0.05, 0) is 70.7 Å². The summed E-state index contributed by atoms with van der Waals surface area (Å²) in [6.07, 6.45) is 2.27. The quantitative estimate of drug-likeness (QED) is 0.182. The lowest BCUT2D eigenvalue weighted by Crippen LogP contribution is -2.53. The minimum absolute atomic E-state index is 0.0665. The van der Waals surface area contributed by atoms with E-state index >= 15 is 0 Å². The summed E-state index contributed by atoms with van der Waals surface area (Å²) in [6, 6.07) is 17.6. The molecule has 0 spiro atoms. The van der Waals surface area contributed by atoms with Gasteiger partial charge in [0.2, 0.25) is 0 Å². The molecule has 1 heterocycles. The van der Waals surface area contributed by atoms with Crippen molar-refractivity contribution in [2.75, 3.05) is 13.2 Å². The lowest BCUT2D eigenvalue weighted by molar-refractivity contribution is -0.130. The first kappa shape index (κ1) is 29.4. The fourth-order valence-electron chi connectivity index (χ4n) is 4.00. The maximum Gasteiger partial charge on any atom is 0.331 e. The lowest BCUT2D eigenvalue weighted by Gasteiger charge is -2.27.